The molecule has 1 aliphatic heterocycles. The first-order chi connectivity index (χ1) is 17.1. The predicted molar refractivity (Wildman–Crippen MR) is 134 cm³/mol. The SMILES string of the molecule is COc1ccc(-c2cc3ccc(O)c(CN4CCN(c5ccccn5)CC4)c3oc2=O)c(OC)c1. The zero-order chi connectivity index (χ0) is 24.4. The molecular formula is C27H27N3O5. The number of benzene rings is 2. The number of piperazine rings is 1. The molecule has 1 saturated heterocycles. The number of hydrogen-bond acceptors (Lipinski definition) is 8. The van der Waals surface area contributed by atoms with Crippen LogP contribution in [0.5, 0.6) is 17.2 Å². The number of ether oxygens (including phenoxy) is 2. The molecule has 8 nitrogen and oxygen atoms in total. The number of rotatable bonds is 6. The lowest BCUT2D eigenvalue weighted by atomic mass is 10.0. The maximum absolute atomic E-state index is 13.0. The molecule has 2 aromatic carbocycles. The number of aromatic hydroxyl groups is 1. The standard InChI is InChI=1S/C27H27N3O5/c1-33-19-7-8-20(24(16-19)34-2)21-15-18-6-9-23(31)22(26(18)35-27(21)32)17-29-11-13-30(14-12-29)25-5-3-4-10-28-25/h3-10,15-16,31H,11-14,17H2,1-2H3. The second-order valence-electron chi connectivity index (χ2n) is 8.45. The van der Waals surface area contributed by atoms with Crippen molar-refractivity contribution in [3.8, 4) is 28.4 Å². The molecule has 0 radical (unpaired) electrons. The number of aromatic nitrogens is 1. The van der Waals surface area contributed by atoms with Crippen molar-refractivity contribution in [2.45, 2.75) is 6.54 Å². The van der Waals surface area contributed by atoms with E-state index < -0.39 is 5.63 Å². The van der Waals surface area contributed by atoms with E-state index in [2.05, 4.69) is 14.8 Å². The molecule has 4 aromatic rings. The van der Waals surface area contributed by atoms with E-state index in [1.54, 1.807) is 56.8 Å². The second kappa shape index (κ2) is 9.68. The second-order valence-corrected chi connectivity index (χ2v) is 8.45. The Morgan fingerprint density at radius 1 is 0.971 bits per heavy atom. The molecule has 180 valence electrons. The Kier molecular flexibility index (Phi) is 6.29. The number of phenolic OH excluding ortho intramolecular Hbond substituents is 1. The zero-order valence-corrected chi connectivity index (χ0v) is 19.7. The summed E-state index contributed by atoms with van der Waals surface area (Å²) < 4.78 is 16.5. The quantitative estimate of drug-likeness (QED) is 0.422. The summed E-state index contributed by atoms with van der Waals surface area (Å²) in [5, 5.41) is 11.4. The number of nitrogens with zero attached hydrogens (tertiary/aromatic N) is 3. The zero-order valence-electron chi connectivity index (χ0n) is 19.7. The van der Waals surface area contributed by atoms with Crippen molar-refractivity contribution in [1.82, 2.24) is 9.88 Å². The number of methoxy groups -OCH3 is 2. The largest absolute Gasteiger partial charge is 0.507 e. The van der Waals surface area contributed by atoms with Crippen LogP contribution in [0.25, 0.3) is 22.1 Å². The molecule has 0 amide bonds. The van der Waals surface area contributed by atoms with Crippen LogP contribution in [-0.4, -0.2) is 55.4 Å². The van der Waals surface area contributed by atoms with Gasteiger partial charge in [-0.2, -0.15) is 0 Å². The van der Waals surface area contributed by atoms with Crippen LogP contribution in [0.3, 0.4) is 0 Å². The molecule has 1 N–H and O–H groups in total. The molecule has 5 rings (SSSR count). The van der Waals surface area contributed by atoms with Crippen molar-refractivity contribution in [2.75, 3.05) is 45.3 Å². The molecule has 0 saturated carbocycles. The van der Waals surface area contributed by atoms with Crippen LogP contribution in [0.15, 0.2) is 70.0 Å². The molecule has 1 aliphatic rings. The van der Waals surface area contributed by atoms with E-state index in [-0.39, 0.29) is 5.75 Å². The van der Waals surface area contributed by atoms with Gasteiger partial charge in [0.1, 0.15) is 28.6 Å². The first-order valence-corrected chi connectivity index (χ1v) is 11.5. The number of hydrogen-bond donors (Lipinski definition) is 1. The highest BCUT2D eigenvalue weighted by Gasteiger charge is 2.22. The highest BCUT2D eigenvalue weighted by molar-refractivity contribution is 5.86. The third-order valence-electron chi connectivity index (χ3n) is 6.41. The minimum atomic E-state index is -0.493. The Morgan fingerprint density at radius 2 is 1.80 bits per heavy atom. The van der Waals surface area contributed by atoms with Crippen molar-refractivity contribution in [3.63, 3.8) is 0 Å². The van der Waals surface area contributed by atoms with Gasteiger partial charge in [-0.25, -0.2) is 9.78 Å². The predicted octanol–water partition coefficient (Wildman–Crippen LogP) is 3.90. The Morgan fingerprint density at radius 3 is 2.51 bits per heavy atom. The summed E-state index contributed by atoms with van der Waals surface area (Å²) in [5.41, 5.74) is 1.52. The first-order valence-electron chi connectivity index (χ1n) is 11.5. The summed E-state index contributed by atoms with van der Waals surface area (Å²) in [5.74, 6) is 2.22. The minimum Gasteiger partial charge on any atom is -0.507 e. The van der Waals surface area contributed by atoms with Gasteiger partial charge in [0, 0.05) is 55.9 Å². The van der Waals surface area contributed by atoms with Gasteiger partial charge in [-0.1, -0.05) is 6.07 Å². The van der Waals surface area contributed by atoms with Crippen LogP contribution >= 0.6 is 0 Å². The lowest BCUT2D eigenvalue weighted by Crippen LogP contribution is -2.46. The fourth-order valence-corrected chi connectivity index (χ4v) is 4.49. The number of phenols is 1. The van der Waals surface area contributed by atoms with E-state index in [9.17, 15) is 9.90 Å². The van der Waals surface area contributed by atoms with Crippen LogP contribution < -0.4 is 20.0 Å². The van der Waals surface area contributed by atoms with Gasteiger partial charge in [0.2, 0.25) is 0 Å². The topological polar surface area (TPSA) is 88.3 Å². The van der Waals surface area contributed by atoms with E-state index in [0.29, 0.717) is 40.3 Å². The number of pyridine rings is 1. The average molecular weight is 474 g/mol. The molecule has 35 heavy (non-hydrogen) atoms. The van der Waals surface area contributed by atoms with E-state index in [1.807, 2.05) is 18.2 Å². The molecule has 3 heterocycles. The Bertz CT molecular complexity index is 1400. The van der Waals surface area contributed by atoms with Gasteiger partial charge in [-0.05, 0) is 42.5 Å². The van der Waals surface area contributed by atoms with Crippen LogP contribution in [0.1, 0.15) is 5.56 Å². The summed E-state index contributed by atoms with van der Waals surface area (Å²) in [6, 6.07) is 16.4. The lowest BCUT2D eigenvalue weighted by molar-refractivity contribution is 0.246. The Labute approximate surface area is 203 Å². The summed E-state index contributed by atoms with van der Waals surface area (Å²) >= 11 is 0. The van der Waals surface area contributed by atoms with Gasteiger partial charge >= 0.3 is 5.63 Å². The Hall–Kier alpha value is -4.04. The third kappa shape index (κ3) is 4.52. The van der Waals surface area contributed by atoms with Gasteiger partial charge < -0.3 is 23.9 Å². The van der Waals surface area contributed by atoms with Gasteiger partial charge in [0.25, 0.3) is 0 Å². The molecule has 1 fully saturated rings. The fraction of sp³-hybridized carbons (Fsp3) is 0.259. The maximum atomic E-state index is 13.0. The molecule has 8 heteroatoms. The van der Waals surface area contributed by atoms with Crippen LogP contribution in [0, 0.1) is 0 Å². The molecule has 0 spiro atoms. The van der Waals surface area contributed by atoms with Crippen LogP contribution in [0.2, 0.25) is 0 Å². The molecule has 0 unspecified atom stereocenters. The molecule has 0 atom stereocenters. The average Bonchev–Trinajstić information content (AvgIpc) is 2.91. The van der Waals surface area contributed by atoms with Crippen molar-refractivity contribution in [1.29, 1.82) is 0 Å². The van der Waals surface area contributed by atoms with Crippen molar-refractivity contribution in [3.05, 3.63) is 76.8 Å². The molecule has 2 aromatic heterocycles. The van der Waals surface area contributed by atoms with Crippen molar-refractivity contribution in [2.24, 2.45) is 0 Å². The van der Waals surface area contributed by atoms with Crippen LogP contribution in [-0.2, 0) is 6.54 Å². The van der Waals surface area contributed by atoms with Gasteiger partial charge in [0.05, 0.1) is 25.3 Å². The highest BCUT2D eigenvalue weighted by Crippen LogP contribution is 2.35. The van der Waals surface area contributed by atoms with Gasteiger partial charge in [-0.15, -0.1) is 0 Å². The van der Waals surface area contributed by atoms with Crippen molar-refractivity contribution < 1.29 is 19.0 Å². The minimum absolute atomic E-state index is 0.114. The number of anilines is 1. The molecular weight excluding hydrogens is 446 g/mol. The van der Waals surface area contributed by atoms with E-state index in [1.165, 1.54) is 0 Å². The highest BCUT2D eigenvalue weighted by atomic mass is 16.5. The number of fused-ring (bicyclic) bond motifs is 1. The Balaban J connectivity index is 1.43. The van der Waals surface area contributed by atoms with E-state index in [0.717, 1.165) is 37.4 Å². The maximum Gasteiger partial charge on any atom is 0.344 e. The summed E-state index contributed by atoms with van der Waals surface area (Å²) in [6.45, 7) is 3.74. The third-order valence-corrected chi connectivity index (χ3v) is 6.41. The lowest BCUT2D eigenvalue weighted by Gasteiger charge is -2.35. The summed E-state index contributed by atoms with van der Waals surface area (Å²) in [6.07, 6.45) is 1.80. The van der Waals surface area contributed by atoms with Gasteiger partial charge in [0.15, 0.2) is 0 Å². The summed E-state index contributed by atoms with van der Waals surface area (Å²) in [4.78, 5) is 22.0. The van der Waals surface area contributed by atoms with Gasteiger partial charge in [-0.3, -0.25) is 4.90 Å². The van der Waals surface area contributed by atoms with Crippen molar-refractivity contribution >= 4 is 16.8 Å². The molecule has 0 aliphatic carbocycles. The first kappa shape index (κ1) is 22.7. The van der Waals surface area contributed by atoms with E-state index >= 15 is 0 Å². The monoisotopic (exact) mass is 473 g/mol. The smallest absolute Gasteiger partial charge is 0.344 e. The molecule has 0 bridgehead atoms. The summed E-state index contributed by atoms with van der Waals surface area (Å²) in [7, 11) is 3.12. The normalized spacial score (nSPS) is 14.3. The fourth-order valence-electron chi connectivity index (χ4n) is 4.49. The van der Waals surface area contributed by atoms with Crippen LogP contribution in [0.4, 0.5) is 5.82 Å². The van der Waals surface area contributed by atoms with E-state index in [4.69, 9.17) is 13.9 Å².